The van der Waals surface area contributed by atoms with Gasteiger partial charge in [-0.15, -0.1) is 0 Å². The zero-order valence-electron chi connectivity index (χ0n) is 69.4. The number of aliphatic hydroxyl groups is 2. The standard InChI is InChI=1S/C79H138N12O14S/c1-28-58-74(100)88(25)63(44-106-38-30-29-37-92)77(103)84(21)60(40-46(4)5)70(96)83-64(49(10)11)78(104)85(22)59(39-45(2)3)69(95)80-54(19)68(94)81-55(20)72(98)86(23)61(41-47(6)7)75(101)87(24)62(42-48(8)9)76(102)89(26)65(50(12)13)79(105)90(27)66(71(97)82-58)67(93)53(18)33-31-34-56-35-32-36-57(43-56)73(99)91(51(14)15)52(16)17/h32,35-36,43,45-55,58-67,92-93H,28-31,33-34,37-42,44H2,1-27H3,(H,80,95)(H,81,94)(H,82,97)(H,83,96)/t53-,54-,55+,58-,59-,60+,61+,62-,63-,64-,65-,66+,67-/m1/s1. The Labute approximate surface area is 639 Å². The lowest BCUT2D eigenvalue weighted by Gasteiger charge is -2.41. The van der Waals surface area contributed by atoms with Crippen molar-refractivity contribution in [1.82, 2.24) is 60.5 Å². The molecule has 0 radical (unpaired) electrons. The Morgan fingerprint density at radius 3 is 1.41 bits per heavy atom. The fourth-order valence-corrected chi connectivity index (χ4v) is 15.0. The van der Waals surface area contributed by atoms with E-state index in [-0.39, 0.29) is 86.1 Å². The van der Waals surface area contributed by atoms with Crippen LogP contribution in [0.5, 0.6) is 0 Å². The summed E-state index contributed by atoms with van der Waals surface area (Å²) in [6, 6.07) is -6.93. The van der Waals surface area contributed by atoms with Crippen LogP contribution in [-0.4, -0.2) is 272 Å². The van der Waals surface area contributed by atoms with Gasteiger partial charge in [-0.3, -0.25) is 57.5 Å². The zero-order chi connectivity index (χ0) is 81.4. The molecule has 1 heterocycles. The number of hydrogen-bond donors (Lipinski definition) is 6. The number of likely N-dealkylation sites (N-methyl/N-ethyl adjacent to an activating group) is 7. The maximum Gasteiger partial charge on any atom is 0.254 e. The molecule has 0 spiro atoms. The van der Waals surface area contributed by atoms with Crippen LogP contribution in [0.4, 0.5) is 0 Å². The predicted molar refractivity (Wildman–Crippen MR) is 417 cm³/mol. The van der Waals surface area contributed by atoms with Crippen molar-refractivity contribution in [3.8, 4) is 0 Å². The molecular weight excluding hydrogens is 1370 g/mol. The number of aryl methyl sites for hydroxylation is 1. The molecule has 1 aromatic rings. The molecule has 12 amide bonds. The summed E-state index contributed by atoms with van der Waals surface area (Å²) in [7, 11) is 10.0. The maximum absolute atomic E-state index is 15.7. The van der Waals surface area contributed by atoms with Crippen LogP contribution in [0.3, 0.4) is 0 Å². The number of nitrogens with one attached hydrogen (secondary N) is 4. The fraction of sp³-hybridized carbons (Fsp3) is 0.772. The van der Waals surface area contributed by atoms with Crippen LogP contribution in [0, 0.1) is 41.4 Å². The van der Waals surface area contributed by atoms with Gasteiger partial charge >= 0.3 is 0 Å². The SMILES string of the molecule is CC[C@H]1NC(=O)[C@H]([C@H](O)[C@H](C)CCCc2cccc(C(=O)N(C(C)C)C(C)C)c2)N(C)C(=O)[C@@H](C(C)C)N(C)C(=O)[C@@H](CC(C)C)N(C)C(=O)[C@H](CC(C)C)N(C)C(=O)[C@H](C)NC(=O)[C@@H](C)NC(=O)[C@@H](CC(C)C)N(C)C(=O)[C@@H](C(C)C)NC(=O)[C@H](CC(C)C)N(C)C(=O)[C@@H](CSCCCCO)N(C)C1=O. The first kappa shape index (κ1) is 95.2. The van der Waals surface area contributed by atoms with Gasteiger partial charge in [-0.1, -0.05) is 109 Å². The molecule has 604 valence electrons. The number of carbonyl (C=O) groups excluding carboxylic acids is 12. The number of carbonyl (C=O) groups is 12. The minimum Gasteiger partial charge on any atom is -0.396 e. The summed E-state index contributed by atoms with van der Waals surface area (Å²) in [6.45, 7) is 35.9. The highest BCUT2D eigenvalue weighted by Gasteiger charge is 2.47. The first-order chi connectivity index (χ1) is 49.2. The first-order valence-corrected chi connectivity index (χ1v) is 39.8. The summed E-state index contributed by atoms with van der Waals surface area (Å²) in [5.41, 5.74) is 1.40. The molecule has 6 N–H and O–H groups in total. The molecule has 26 nitrogen and oxygen atoms in total. The maximum atomic E-state index is 15.7. The number of thioether (sulfide) groups is 1. The lowest BCUT2D eigenvalue weighted by atomic mass is 9.89. The third kappa shape index (κ3) is 27.1. The summed E-state index contributed by atoms with van der Waals surface area (Å²) in [6.07, 6.45) is 1.15. The van der Waals surface area contributed by atoms with Crippen LogP contribution in [0.25, 0.3) is 0 Å². The minimum atomic E-state index is -1.71. The normalized spacial score (nSPS) is 24.6. The van der Waals surface area contributed by atoms with Gasteiger partial charge in [0.15, 0.2) is 0 Å². The van der Waals surface area contributed by atoms with E-state index in [1.807, 2.05) is 106 Å². The van der Waals surface area contributed by atoms with Crippen molar-refractivity contribution in [3.05, 3.63) is 35.4 Å². The van der Waals surface area contributed by atoms with Crippen LogP contribution in [-0.2, 0) is 59.2 Å². The summed E-state index contributed by atoms with van der Waals surface area (Å²) in [5.74, 6) is -9.96. The number of rotatable bonds is 26. The molecule has 2 rings (SSSR count). The van der Waals surface area contributed by atoms with Crippen molar-refractivity contribution in [1.29, 1.82) is 0 Å². The van der Waals surface area contributed by atoms with Crippen molar-refractivity contribution in [2.45, 2.75) is 287 Å². The van der Waals surface area contributed by atoms with Crippen molar-refractivity contribution >= 4 is 82.6 Å². The Morgan fingerprint density at radius 1 is 0.481 bits per heavy atom. The third-order valence-corrected chi connectivity index (χ3v) is 21.4. The van der Waals surface area contributed by atoms with Gasteiger partial charge in [0.2, 0.25) is 65.0 Å². The predicted octanol–water partition coefficient (Wildman–Crippen LogP) is 6.46. The van der Waals surface area contributed by atoms with E-state index in [0.717, 1.165) is 10.5 Å². The van der Waals surface area contributed by atoms with E-state index >= 15 is 33.6 Å². The van der Waals surface area contributed by atoms with Crippen LogP contribution < -0.4 is 21.3 Å². The van der Waals surface area contributed by atoms with Gasteiger partial charge in [-0.25, -0.2) is 0 Å². The lowest BCUT2D eigenvalue weighted by molar-refractivity contribution is -0.157. The third-order valence-electron chi connectivity index (χ3n) is 20.3. The average molecular weight is 1510 g/mol. The Morgan fingerprint density at radius 2 is 0.925 bits per heavy atom. The van der Waals surface area contributed by atoms with E-state index in [4.69, 9.17) is 0 Å². The van der Waals surface area contributed by atoms with Gasteiger partial charge in [0.25, 0.3) is 5.91 Å². The van der Waals surface area contributed by atoms with Crippen molar-refractivity contribution in [2.75, 3.05) is 67.4 Å². The Bertz CT molecular complexity index is 3070. The molecule has 1 aromatic carbocycles. The van der Waals surface area contributed by atoms with Gasteiger partial charge in [-0.05, 0) is 171 Å². The number of amides is 12. The van der Waals surface area contributed by atoms with Gasteiger partial charge < -0.3 is 70.7 Å². The highest BCUT2D eigenvalue weighted by molar-refractivity contribution is 7.99. The minimum absolute atomic E-state index is 0.0112. The van der Waals surface area contributed by atoms with Crippen LogP contribution in [0.15, 0.2) is 24.3 Å². The molecule has 1 fully saturated rings. The van der Waals surface area contributed by atoms with Gasteiger partial charge in [-0.2, -0.15) is 11.8 Å². The number of hydrogen-bond acceptors (Lipinski definition) is 15. The second-order valence-electron chi connectivity index (χ2n) is 32.5. The lowest BCUT2D eigenvalue weighted by Crippen LogP contribution is -2.64. The molecule has 0 saturated carbocycles. The van der Waals surface area contributed by atoms with Gasteiger partial charge in [0, 0.05) is 79.3 Å². The summed E-state index contributed by atoms with van der Waals surface area (Å²) < 4.78 is 0. The highest BCUT2D eigenvalue weighted by Crippen LogP contribution is 2.28. The molecule has 1 saturated heterocycles. The summed E-state index contributed by atoms with van der Waals surface area (Å²) in [5, 5.41) is 33.7. The molecule has 106 heavy (non-hydrogen) atoms. The van der Waals surface area contributed by atoms with Crippen LogP contribution in [0.2, 0.25) is 0 Å². The molecule has 0 aliphatic carbocycles. The second kappa shape index (κ2) is 44.6. The van der Waals surface area contributed by atoms with E-state index < -0.39 is 155 Å². The fourth-order valence-electron chi connectivity index (χ4n) is 13.9. The molecule has 1 aliphatic heterocycles. The number of unbranched alkanes of at least 4 members (excludes halogenated alkanes) is 1. The van der Waals surface area contributed by atoms with E-state index in [2.05, 4.69) is 21.3 Å². The monoisotopic (exact) mass is 1510 g/mol. The van der Waals surface area contributed by atoms with Gasteiger partial charge in [0.05, 0.1) is 6.10 Å². The first-order valence-electron chi connectivity index (χ1n) is 38.6. The quantitative estimate of drug-likeness (QED) is 0.0542. The Balaban J connectivity index is 3.14. The van der Waals surface area contributed by atoms with Crippen LogP contribution >= 0.6 is 11.8 Å². The number of aliphatic hydroxyl groups excluding tert-OH is 2. The zero-order valence-corrected chi connectivity index (χ0v) is 70.2. The van der Waals surface area contributed by atoms with E-state index in [0.29, 0.717) is 43.4 Å². The Hall–Kier alpha value is -6.87. The summed E-state index contributed by atoms with van der Waals surface area (Å²) >= 11 is 1.35. The smallest absolute Gasteiger partial charge is 0.254 e. The van der Waals surface area contributed by atoms with Gasteiger partial charge in [0.1, 0.15) is 66.5 Å². The molecule has 0 unspecified atom stereocenters. The second-order valence-corrected chi connectivity index (χ2v) is 33.7. The average Bonchev–Trinajstić information content (AvgIpc) is 0.806. The molecule has 0 bridgehead atoms. The van der Waals surface area contributed by atoms with Crippen LogP contribution in [0.1, 0.15) is 212 Å². The molecular formula is C79H138N12O14S. The van der Waals surface area contributed by atoms with Crippen molar-refractivity contribution in [3.63, 3.8) is 0 Å². The van der Waals surface area contributed by atoms with E-state index in [1.54, 1.807) is 47.6 Å². The number of benzene rings is 1. The van der Waals surface area contributed by atoms with Crippen molar-refractivity contribution < 1.29 is 67.7 Å². The molecule has 1 aliphatic rings. The molecule has 0 aromatic heterocycles. The number of nitrogens with zero attached hydrogens (tertiary/aromatic N) is 8. The Kier molecular flexibility index (Phi) is 40.0. The summed E-state index contributed by atoms with van der Waals surface area (Å²) in [4.78, 5) is 190. The molecule has 13 atom stereocenters. The topological polar surface area (TPSA) is 319 Å². The van der Waals surface area contributed by atoms with E-state index in [1.165, 1.54) is 104 Å². The molecule has 27 heteroatoms. The largest absolute Gasteiger partial charge is 0.396 e. The van der Waals surface area contributed by atoms with E-state index in [9.17, 15) is 34.2 Å². The highest BCUT2D eigenvalue weighted by atomic mass is 32.2. The van der Waals surface area contributed by atoms with Crippen molar-refractivity contribution in [2.24, 2.45) is 41.4 Å².